The van der Waals surface area contributed by atoms with Gasteiger partial charge in [0.25, 0.3) is 0 Å². The van der Waals surface area contributed by atoms with Gasteiger partial charge in [0.15, 0.2) is 11.6 Å². The first-order chi connectivity index (χ1) is 13.9. The molecular weight excluding hydrogens is 372 g/mol. The van der Waals surface area contributed by atoms with E-state index in [4.69, 9.17) is 5.73 Å². The first-order valence-electron chi connectivity index (χ1n) is 9.63. The summed E-state index contributed by atoms with van der Waals surface area (Å²) in [5.74, 6) is -1.89. The third-order valence-electron chi connectivity index (χ3n) is 5.88. The van der Waals surface area contributed by atoms with E-state index in [0.29, 0.717) is 42.7 Å². The van der Waals surface area contributed by atoms with E-state index in [9.17, 15) is 24.6 Å². The Morgan fingerprint density at radius 1 is 1.10 bits per heavy atom. The van der Waals surface area contributed by atoms with E-state index in [0.717, 1.165) is 0 Å². The van der Waals surface area contributed by atoms with Crippen LogP contribution in [0.2, 0.25) is 0 Å². The van der Waals surface area contributed by atoms with Crippen molar-refractivity contribution < 1.29 is 24.6 Å². The van der Waals surface area contributed by atoms with E-state index >= 15 is 0 Å². The van der Waals surface area contributed by atoms with Crippen LogP contribution in [-0.4, -0.2) is 40.7 Å². The Balaban J connectivity index is 1.92. The highest BCUT2D eigenvalue weighted by molar-refractivity contribution is 6.32. The van der Waals surface area contributed by atoms with E-state index in [1.54, 1.807) is 12.1 Å². The maximum atomic E-state index is 13.3. The van der Waals surface area contributed by atoms with Gasteiger partial charge in [0, 0.05) is 41.4 Å². The van der Waals surface area contributed by atoms with E-state index < -0.39 is 11.6 Å². The van der Waals surface area contributed by atoms with Crippen molar-refractivity contribution in [3.05, 3.63) is 51.6 Å². The standard InChI is InChI=1S/C22H22N2O5/c1-10(25)11-5-6-12-14(9-11)21(28)17-18(19(12)26)22(29)16-13(20(17)27)3-2-4-15(16)24-8-7-23/h2-4,11,24,26,28H,5-9,23H2,1H3. The average molecular weight is 394 g/mol. The zero-order chi connectivity index (χ0) is 20.9. The largest absolute Gasteiger partial charge is 0.507 e. The van der Waals surface area contributed by atoms with Crippen LogP contribution in [0.5, 0.6) is 11.5 Å². The molecule has 2 aromatic carbocycles. The molecule has 0 aromatic heterocycles. The fourth-order valence-corrected chi connectivity index (χ4v) is 4.37. The van der Waals surface area contributed by atoms with Crippen LogP contribution in [0.1, 0.15) is 56.3 Å². The number of phenols is 2. The number of phenolic OH excluding ortho intramolecular Hbond substituents is 2. The van der Waals surface area contributed by atoms with E-state index in [2.05, 4.69) is 5.32 Å². The van der Waals surface area contributed by atoms with Crippen LogP contribution in [0.3, 0.4) is 0 Å². The number of nitrogens with one attached hydrogen (secondary N) is 1. The smallest absolute Gasteiger partial charge is 0.200 e. The topological polar surface area (TPSA) is 130 Å². The van der Waals surface area contributed by atoms with E-state index in [-0.39, 0.29) is 51.9 Å². The monoisotopic (exact) mass is 394 g/mol. The van der Waals surface area contributed by atoms with Gasteiger partial charge in [-0.25, -0.2) is 0 Å². The zero-order valence-corrected chi connectivity index (χ0v) is 16.0. The molecule has 2 aliphatic rings. The van der Waals surface area contributed by atoms with Gasteiger partial charge in [0.05, 0.1) is 16.7 Å². The summed E-state index contributed by atoms with van der Waals surface area (Å²) in [5, 5.41) is 24.8. The minimum Gasteiger partial charge on any atom is -0.507 e. The van der Waals surface area contributed by atoms with Gasteiger partial charge in [-0.05, 0) is 32.3 Å². The van der Waals surface area contributed by atoms with E-state index in [1.807, 2.05) is 0 Å². The van der Waals surface area contributed by atoms with Gasteiger partial charge in [-0.15, -0.1) is 0 Å². The highest BCUT2D eigenvalue weighted by Crippen LogP contribution is 2.47. The molecule has 0 amide bonds. The number of ketones is 3. The maximum absolute atomic E-state index is 13.3. The first kappa shape index (κ1) is 19.1. The Labute approximate surface area is 167 Å². The molecule has 7 nitrogen and oxygen atoms in total. The summed E-state index contributed by atoms with van der Waals surface area (Å²) >= 11 is 0. The average Bonchev–Trinajstić information content (AvgIpc) is 2.72. The van der Waals surface area contributed by atoms with Crippen molar-refractivity contribution >= 4 is 23.0 Å². The number of nitrogens with two attached hydrogens (primary N) is 1. The predicted octanol–water partition coefficient (Wildman–Crippen LogP) is 1.94. The molecule has 29 heavy (non-hydrogen) atoms. The zero-order valence-electron chi connectivity index (χ0n) is 16.0. The lowest BCUT2D eigenvalue weighted by atomic mass is 9.75. The maximum Gasteiger partial charge on any atom is 0.200 e. The van der Waals surface area contributed by atoms with Gasteiger partial charge in [-0.3, -0.25) is 14.4 Å². The summed E-state index contributed by atoms with van der Waals surface area (Å²) in [5.41, 5.74) is 6.81. The number of fused-ring (bicyclic) bond motifs is 3. The normalized spacial score (nSPS) is 17.4. The molecule has 1 unspecified atom stereocenters. The predicted molar refractivity (Wildman–Crippen MR) is 107 cm³/mol. The van der Waals surface area contributed by atoms with Crippen molar-refractivity contribution in [1.29, 1.82) is 0 Å². The summed E-state index contributed by atoms with van der Waals surface area (Å²) in [4.78, 5) is 38.3. The second-order valence-corrected chi connectivity index (χ2v) is 7.56. The Morgan fingerprint density at radius 2 is 1.79 bits per heavy atom. The Hall–Kier alpha value is -3.19. The van der Waals surface area contributed by atoms with Crippen LogP contribution in [0.25, 0.3) is 0 Å². The van der Waals surface area contributed by atoms with Gasteiger partial charge in [0.2, 0.25) is 0 Å². The van der Waals surface area contributed by atoms with Gasteiger partial charge in [-0.1, -0.05) is 12.1 Å². The number of carbonyl (C=O) groups is 3. The third-order valence-corrected chi connectivity index (χ3v) is 5.88. The van der Waals surface area contributed by atoms with Gasteiger partial charge in [-0.2, -0.15) is 0 Å². The minimum atomic E-state index is -0.522. The molecule has 0 spiro atoms. The molecule has 0 saturated heterocycles. The number of rotatable bonds is 4. The van der Waals surface area contributed by atoms with Crippen molar-refractivity contribution in [1.82, 2.24) is 0 Å². The van der Waals surface area contributed by atoms with Gasteiger partial charge in [0.1, 0.15) is 17.3 Å². The number of anilines is 1. The van der Waals surface area contributed by atoms with Crippen molar-refractivity contribution in [2.75, 3.05) is 18.4 Å². The summed E-state index contributed by atoms with van der Waals surface area (Å²) in [6.45, 7) is 2.25. The Morgan fingerprint density at radius 3 is 2.48 bits per heavy atom. The van der Waals surface area contributed by atoms with Crippen LogP contribution < -0.4 is 11.1 Å². The number of benzene rings is 2. The lowest BCUT2D eigenvalue weighted by Gasteiger charge is -2.29. The molecule has 2 aromatic rings. The molecule has 1 atom stereocenters. The van der Waals surface area contributed by atoms with Crippen LogP contribution in [0.15, 0.2) is 18.2 Å². The highest BCUT2D eigenvalue weighted by atomic mass is 16.3. The number of hydrogen-bond acceptors (Lipinski definition) is 7. The van der Waals surface area contributed by atoms with Crippen LogP contribution in [0, 0.1) is 5.92 Å². The van der Waals surface area contributed by atoms with Crippen molar-refractivity contribution in [2.24, 2.45) is 11.7 Å². The van der Waals surface area contributed by atoms with Crippen molar-refractivity contribution in [3.63, 3.8) is 0 Å². The number of aromatic hydroxyl groups is 2. The summed E-state index contributed by atoms with van der Waals surface area (Å²) in [6.07, 6.45) is 1.12. The quantitative estimate of drug-likeness (QED) is 0.498. The van der Waals surface area contributed by atoms with Crippen LogP contribution in [0.4, 0.5) is 5.69 Å². The summed E-state index contributed by atoms with van der Waals surface area (Å²) in [7, 11) is 0. The number of hydrogen-bond donors (Lipinski definition) is 4. The molecule has 0 aliphatic heterocycles. The fraction of sp³-hybridized carbons (Fsp3) is 0.318. The fourth-order valence-electron chi connectivity index (χ4n) is 4.37. The van der Waals surface area contributed by atoms with E-state index in [1.165, 1.54) is 13.0 Å². The molecule has 0 fully saturated rings. The SMILES string of the molecule is CC(=O)C1CCc2c(O)c3c(c(O)c2C1)C(=O)c1cccc(NCCN)c1C3=O. The minimum absolute atomic E-state index is 0.00405. The van der Waals surface area contributed by atoms with Gasteiger partial charge >= 0.3 is 0 Å². The molecule has 0 bridgehead atoms. The lowest BCUT2D eigenvalue weighted by molar-refractivity contribution is -0.121. The third kappa shape index (κ3) is 2.81. The second kappa shape index (κ2) is 7.00. The Bertz CT molecular complexity index is 1070. The first-order valence-corrected chi connectivity index (χ1v) is 9.63. The molecule has 2 aliphatic carbocycles. The number of carbonyl (C=O) groups excluding carboxylic acids is 3. The molecule has 4 rings (SSSR count). The molecule has 0 radical (unpaired) electrons. The summed E-state index contributed by atoms with van der Waals surface area (Å²) in [6, 6.07) is 4.85. The summed E-state index contributed by atoms with van der Waals surface area (Å²) < 4.78 is 0. The van der Waals surface area contributed by atoms with Crippen LogP contribution in [-0.2, 0) is 17.6 Å². The van der Waals surface area contributed by atoms with Crippen molar-refractivity contribution in [2.45, 2.75) is 26.2 Å². The Kier molecular flexibility index (Phi) is 4.62. The lowest BCUT2D eigenvalue weighted by Crippen LogP contribution is -2.27. The molecule has 0 saturated carbocycles. The van der Waals surface area contributed by atoms with Crippen molar-refractivity contribution in [3.8, 4) is 11.5 Å². The molecular formula is C22H22N2O5. The molecule has 0 heterocycles. The van der Waals surface area contributed by atoms with Gasteiger partial charge < -0.3 is 21.3 Å². The molecule has 150 valence electrons. The molecule has 7 heteroatoms. The number of Topliss-reactive ketones (excluding diaryl/α,β-unsaturated/α-hetero) is 1. The molecule has 5 N–H and O–H groups in total. The highest BCUT2D eigenvalue weighted by Gasteiger charge is 2.40. The second-order valence-electron chi connectivity index (χ2n) is 7.56. The van der Waals surface area contributed by atoms with Crippen LogP contribution >= 0.6 is 0 Å².